The van der Waals surface area contributed by atoms with Crippen LogP contribution in [0.25, 0.3) is 0 Å². The van der Waals surface area contributed by atoms with Crippen LogP contribution in [0.5, 0.6) is 0 Å². The smallest absolute Gasteiger partial charge is 0.0616 e. The molecular weight excluding hydrogens is 464 g/mol. The van der Waals surface area contributed by atoms with E-state index in [2.05, 4.69) is 25.5 Å². The number of methoxy groups -OCH3 is 1. The summed E-state index contributed by atoms with van der Waals surface area (Å²) < 4.78 is 11.3. The van der Waals surface area contributed by atoms with Gasteiger partial charge in [-0.15, -0.1) is 0 Å². The summed E-state index contributed by atoms with van der Waals surface area (Å²) in [6.07, 6.45) is 14.3. The van der Waals surface area contributed by atoms with Gasteiger partial charge < -0.3 is 24.8 Å². The lowest BCUT2D eigenvalue weighted by Crippen LogP contribution is -2.54. The Bertz CT molecular complexity index is 789. The van der Waals surface area contributed by atoms with Crippen molar-refractivity contribution in [2.24, 2.45) is 45.3 Å². The minimum atomic E-state index is -0.631. The van der Waals surface area contributed by atoms with Crippen LogP contribution < -0.4 is 0 Å². The van der Waals surface area contributed by atoms with E-state index in [0.717, 1.165) is 56.7 Å². The minimum Gasteiger partial charge on any atom is -0.400 e. The van der Waals surface area contributed by atoms with E-state index < -0.39 is 5.60 Å². The summed E-state index contributed by atoms with van der Waals surface area (Å²) in [7, 11) is 2.68. The zero-order valence-corrected chi connectivity index (χ0v) is 25.2. The highest BCUT2D eigenvalue weighted by Crippen LogP contribution is 2.87. The third kappa shape index (κ3) is 4.65. The third-order valence-corrected chi connectivity index (χ3v) is 12.7. The molecule has 6 rings (SSSR count). The van der Waals surface area contributed by atoms with Gasteiger partial charge in [0.2, 0.25) is 0 Å². The first-order chi connectivity index (χ1) is 17.3. The van der Waals surface area contributed by atoms with Gasteiger partial charge in [-0.05, 0) is 130 Å². The predicted molar refractivity (Wildman–Crippen MR) is 148 cm³/mol. The highest BCUT2D eigenvalue weighted by Gasteiger charge is 2.80. The zero-order chi connectivity index (χ0) is 27.4. The highest BCUT2D eigenvalue weighted by molar-refractivity contribution is 5.29. The monoisotopic (exact) mass is 522 g/mol. The number of fused-ring (bicyclic) bond motifs is 4. The average molecular weight is 523 g/mol. The first-order valence-corrected chi connectivity index (χ1v) is 15.3. The number of hydrogen-bond acceptors (Lipinski definition) is 5. The van der Waals surface area contributed by atoms with E-state index in [-0.39, 0.29) is 17.6 Å². The van der Waals surface area contributed by atoms with Gasteiger partial charge in [0.15, 0.2) is 0 Å². The van der Waals surface area contributed by atoms with Crippen LogP contribution in [0.1, 0.15) is 112 Å². The second-order valence-electron chi connectivity index (χ2n) is 15.0. The molecule has 0 radical (unpaired) electrons. The molecule has 5 saturated carbocycles. The van der Waals surface area contributed by atoms with Crippen molar-refractivity contribution < 1.29 is 24.8 Å². The Kier molecular flexibility index (Phi) is 8.31. The van der Waals surface area contributed by atoms with Crippen LogP contribution in [-0.2, 0) is 9.47 Å². The van der Waals surface area contributed by atoms with E-state index in [1.54, 1.807) is 7.11 Å². The minimum absolute atomic E-state index is 0.0879. The topological polar surface area (TPSA) is 79.2 Å². The van der Waals surface area contributed by atoms with Gasteiger partial charge in [0, 0.05) is 27.2 Å². The molecule has 1 saturated heterocycles. The largest absolute Gasteiger partial charge is 0.400 e. The second kappa shape index (κ2) is 10.3. The van der Waals surface area contributed by atoms with Crippen LogP contribution in [0.15, 0.2) is 0 Å². The molecule has 1 heterocycles. The molecule has 6 fully saturated rings. The maximum absolute atomic E-state index is 10.8. The lowest BCUT2D eigenvalue weighted by Gasteiger charge is -2.59. The zero-order valence-electron chi connectivity index (χ0n) is 25.2. The summed E-state index contributed by atoms with van der Waals surface area (Å²) in [6, 6.07) is 0. The van der Waals surface area contributed by atoms with Gasteiger partial charge in [0.1, 0.15) is 0 Å². The predicted octanol–water partition coefficient (Wildman–Crippen LogP) is 5.98. The van der Waals surface area contributed by atoms with Gasteiger partial charge in [-0.1, -0.05) is 20.8 Å². The maximum Gasteiger partial charge on any atom is 0.0616 e. The molecule has 5 nitrogen and oxygen atoms in total. The summed E-state index contributed by atoms with van der Waals surface area (Å²) in [4.78, 5) is 0. The quantitative estimate of drug-likeness (QED) is 0.425. The van der Waals surface area contributed by atoms with Crippen LogP contribution in [0.4, 0.5) is 0 Å². The van der Waals surface area contributed by atoms with Crippen molar-refractivity contribution >= 4 is 0 Å². The Morgan fingerprint density at radius 1 is 0.892 bits per heavy atom. The molecule has 6 aliphatic rings. The van der Waals surface area contributed by atoms with Crippen LogP contribution in [0.3, 0.4) is 0 Å². The van der Waals surface area contributed by atoms with E-state index in [1.165, 1.54) is 51.4 Å². The van der Waals surface area contributed by atoms with Crippen molar-refractivity contribution in [1.29, 1.82) is 0 Å². The summed E-state index contributed by atoms with van der Waals surface area (Å²) in [5.74, 6) is 3.16. The van der Waals surface area contributed by atoms with Crippen LogP contribution >= 0.6 is 0 Å². The van der Waals surface area contributed by atoms with E-state index in [9.17, 15) is 10.2 Å². The summed E-state index contributed by atoms with van der Waals surface area (Å²) in [6.45, 7) is 14.0. The van der Waals surface area contributed by atoms with Gasteiger partial charge in [-0.25, -0.2) is 0 Å². The number of aliphatic hydroxyl groups is 3. The molecule has 2 spiro atoms. The van der Waals surface area contributed by atoms with Crippen molar-refractivity contribution in [2.75, 3.05) is 20.8 Å². The standard InChI is InChI=1S/C28H46O3.C3H8O.CH4O/c1-24(2,30)15-17-6-7-19-21(31-17)14-20-18-8-9-22-25(3,4)23(29)10-11-28(22)16-27(18,28)13-12-26(19,20)5;1-3-4-2;1-2/h17-23,29-30H,6-16H2,1-5H3;3H2,1-2H3;2H,1H3/t17?,18?,19?,20?,21?,22?,23-,26+,27?,28+;;/m0../s1. The van der Waals surface area contributed by atoms with Gasteiger partial charge in [-0.2, -0.15) is 0 Å². The Balaban J connectivity index is 0.000000490. The Morgan fingerprint density at radius 3 is 2.16 bits per heavy atom. The fraction of sp³-hybridized carbons (Fsp3) is 1.00. The Labute approximate surface area is 227 Å². The van der Waals surface area contributed by atoms with Crippen LogP contribution in [0.2, 0.25) is 0 Å². The van der Waals surface area contributed by atoms with E-state index in [4.69, 9.17) is 9.84 Å². The molecule has 7 unspecified atom stereocenters. The lowest BCUT2D eigenvalue weighted by molar-refractivity contribution is -0.137. The lowest BCUT2D eigenvalue weighted by atomic mass is 9.46. The number of hydrogen-bond donors (Lipinski definition) is 3. The van der Waals surface area contributed by atoms with Crippen molar-refractivity contribution in [3.05, 3.63) is 0 Å². The SMILES string of the molecule is CC(C)(O)CC1CCC2C(CC3C4CCC5C(C)(C)[C@@H](O)CC[C@@]56CC46CC[C@]23C)O1.CCOC.CO. The number of ether oxygens (including phenoxy) is 2. The van der Waals surface area contributed by atoms with Gasteiger partial charge in [0.25, 0.3) is 0 Å². The van der Waals surface area contributed by atoms with Crippen LogP contribution in [-0.4, -0.2) is 60.1 Å². The number of aliphatic hydroxyl groups excluding tert-OH is 2. The van der Waals surface area contributed by atoms with Crippen molar-refractivity contribution in [3.8, 4) is 0 Å². The fourth-order valence-corrected chi connectivity index (χ4v) is 11.0. The first kappa shape index (κ1) is 29.8. The van der Waals surface area contributed by atoms with Crippen molar-refractivity contribution in [2.45, 2.75) is 136 Å². The molecule has 3 N–H and O–H groups in total. The molecule has 0 amide bonds. The van der Waals surface area contributed by atoms with Crippen molar-refractivity contribution in [3.63, 3.8) is 0 Å². The first-order valence-electron chi connectivity index (χ1n) is 15.3. The molecule has 0 aromatic heterocycles. The van der Waals surface area contributed by atoms with E-state index in [0.29, 0.717) is 22.3 Å². The molecule has 1 aliphatic heterocycles. The van der Waals surface area contributed by atoms with E-state index >= 15 is 0 Å². The maximum atomic E-state index is 10.8. The van der Waals surface area contributed by atoms with Crippen LogP contribution in [0, 0.1) is 45.3 Å². The molecule has 5 heteroatoms. The van der Waals surface area contributed by atoms with Crippen molar-refractivity contribution in [1.82, 2.24) is 0 Å². The second-order valence-corrected chi connectivity index (χ2v) is 15.0. The Hall–Kier alpha value is -0.200. The third-order valence-electron chi connectivity index (χ3n) is 12.7. The number of rotatable bonds is 3. The molecule has 10 atom stereocenters. The van der Waals surface area contributed by atoms with Gasteiger partial charge >= 0.3 is 0 Å². The summed E-state index contributed by atoms with van der Waals surface area (Å²) in [5, 5.41) is 28.1. The molecule has 37 heavy (non-hydrogen) atoms. The van der Waals surface area contributed by atoms with Gasteiger partial charge in [0.05, 0.1) is 23.9 Å². The van der Waals surface area contributed by atoms with Gasteiger partial charge in [-0.3, -0.25) is 0 Å². The average Bonchev–Trinajstić information content (AvgIpc) is 3.43. The molecule has 0 bridgehead atoms. The highest BCUT2D eigenvalue weighted by atomic mass is 16.5. The molecular formula is C32H58O5. The summed E-state index contributed by atoms with van der Waals surface area (Å²) in [5.41, 5.74) is 1.04. The Morgan fingerprint density at radius 2 is 1.54 bits per heavy atom. The molecule has 0 aromatic carbocycles. The molecule has 0 aromatic rings. The normalized spacial score (nSPS) is 48.9. The van der Waals surface area contributed by atoms with E-state index in [1.807, 2.05) is 20.8 Å². The fourth-order valence-electron chi connectivity index (χ4n) is 11.0. The summed E-state index contributed by atoms with van der Waals surface area (Å²) >= 11 is 0. The molecule has 5 aliphatic carbocycles. The molecule has 216 valence electrons.